The van der Waals surface area contributed by atoms with Crippen LogP contribution in [0.25, 0.3) is 0 Å². The molecule has 0 unspecified atom stereocenters. The molecule has 0 saturated carbocycles. The van der Waals surface area contributed by atoms with E-state index in [0.717, 1.165) is 56.9 Å². The summed E-state index contributed by atoms with van der Waals surface area (Å²) >= 11 is 0. The molecule has 0 spiro atoms. The molecule has 2 N–H and O–H groups in total. The van der Waals surface area contributed by atoms with Gasteiger partial charge in [-0.3, -0.25) is 4.79 Å². The molecule has 0 aliphatic carbocycles. The molecule has 0 bridgehead atoms. The summed E-state index contributed by atoms with van der Waals surface area (Å²) in [5, 5.41) is 9.43. The summed E-state index contributed by atoms with van der Waals surface area (Å²) in [5.74, 6) is 0.538. The number of aromatic hydroxyl groups is 1. The SMILES string of the molecule is O=C(C[NH+]1CCN(c2ccc(O)cc2)CC1)N1CCCc2ccccc21. The number of rotatable bonds is 3. The van der Waals surface area contributed by atoms with E-state index in [1.54, 1.807) is 12.1 Å². The molecule has 2 aliphatic rings. The van der Waals surface area contributed by atoms with Gasteiger partial charge in [-0.2, -0.15) is 0 Å². The number of anilines is 2. The third-order valence-electron chi connectivity index (χ3n) is 5.50. The number of carbonyl (C=O) groups excluding carboxylic acids is 1. The van der Waals surface area contributed by atoms with Gasteiger partial charge in [0.25, 0.3) is 5.91 Å². The Morgan fingerprint density at radius 2 is 1.73 bits per heavy atom. The van der Waals surface area contributed by atoms with Crippen LogP contribution in [0.15, 0.2) is 48.5 Å². The Labute approximate surface area is 154 Å². The van der Waals surface area contributed by atoms with Crippen LogP contribution in [0.5, 0.6) is 5.75 Å². The number of phenols is 1. The molecule has 1 saturated heterocycles. The number of nitrogens with one attached hydrogen (secondary N) is 1. The minimum atomic E-state index is 0.241. The number of benzene rings is 2. The molecule has 2 heterocycles. The number of fused-ring (bicyclic) bond motifs is 1. The minimum Gasteiger partial charge on any atom is -0.508 e. The average Bonchev–Trinajstić information content (AvgIpc) is 2.69. The van der Waals surface area contributed by atoms with Crippen LogP contribution < -0.4 is 14.7 Å². The van der Waals surface area contributed by atoms with Gasteiger partial charge in [0.05, 0.1) is 26.2 Å². The number of piperazine rings is 1. The van der Waals surface area contributed by atoms with Gasteiger partial charge in [-0.05, 0) is 48.7 Å². The van der Waals surface area contributed by atoms with Gasteiger partial charge < -0.3 is 19.8 Å². The number of aryl methyl sites for hydroxylation is 1. The van der Waals surface area contributed by atoms with Crippen molar-refractivity contribution in [3.8, 4) is 5.75 Å². The second-order valence-corrected chi connectivity index (χ2v) is 7.21. The summed E-state index contributed by atoms with van der Waals surface area (Å²) in [6.45, 7) is 5.19. The van der Waals surface area contributed by atoms with E-state index in [2.05, 4.69) is 23.1 Å². The third kappa shape index (κ3) is 3.53. The number of para-hydroxylation sites is 1. The molecule has 1 amide bonds. The van der Waals surface area contributed by atoms with Crippen LogP contribution in [0, 0.1) is 0 Å². The Hall–Kier alpha value is -2.53. The number of hydrogen-bond donors (Lipinski definition) is 2. The van der Waals surface area contributed by atoms with Crippen LogP contribution in [0.1, 0.15) is 12.0 Å². The van der Waals surface area contributed by atoms with Crippen LogP contribution in [0.3, 0.4) is 0 Å². The second kappa shape index (κ2) is 7.38. The molecule has 5 nitrogen and oxygen atoms in total. The minimum absolute atomic E-state index is 0.241. The normalized spacial score (nSPS) is 17.8. The van der Waals surface area contributed by atoms with Crippen molar-refractivity contribution in [1.82, 2.24) is 0 Å². The number of amides is 1. The van der Waals surface area contributed by atoms with Crippen LogP contribution >= 0.6 is 0 Å². The fourth-order valence-electron chi connectivity index (χ4n) is 4.02. The molecule has 5 heteroatoms. The van der Waals surface area contributed by atoms with Gasteiger partial charge in [-0.15, -0.1) is 0 Å². The first-order valence-corrected chi connectivity index (χ1v) is 9.46. The molecule has 0 atom stereocenters. The van der Waals surface area contributed by atoms with E-state index in [9.17, 15) is 9.90 Å². The Balaban J connectivity index is 1.35. The first-order valence-electron chi connectivity index (χ1n) is 9.46. The van der Waals surface area contributed by atoms with E-state index >= 15 is 0 Å². The van der Waals surface area contributed by atoms with Crippen molar-refractivity contribution in [2.45, 2.75) is 12.8 Å². The maximum absolute atomic E-state index is 12.9. The maximum atomic E-state index is 12.9. The van der Waals surface area contributed by atoms with E-state index < -0.39 is 0 Å². The highest BCUT2D eigenvalue weighted by atomic mass is 16.3. The average molecular weight is 352 g/mol. The van der Waals surface area contributed by atoms with E-state index in [4.69, 9.17) is 0 Å². The molecule has 26 heavy (non-hydrogen) atoms. The number of carbonyl (C=O) groups is 1. The van der Waals surface area contributed by atoms with Crippen LogP contribution in [-0.2, 0) is 11.2 Å². The predicted molar refractivity (Wildman–Crippen MR) is 103 cm³/mol. The number of quaternary nitrogens is 1. The fraction of sp³-hybridized carbons (Fsp3) is 0.381. The summed E-state index contributed by atoms with van der Waals surface area (Å²) in [6, 6.07) is 15.7. The molecule has 2 aromatic rings. The van der Waals surface area contributed by atoms with Crippen molar-refractivity contribution in [2.24, 2.45) is 0 Å². The Morgan fingerprint density at radius 1 is 1.00 bits per heavy atom. The monoisotopic (exact) mass is 352 g/mol. The molecule has 2 aromatic carbocycles. The van der Waals surface area contributed by atoms with Crippen molar-refractivity contribution in [3.63, 3.8) is 0 Å². The highest BCUT2D eigenvalue weighted by Gasteiger charge is 2.27. The quantitative estimate of drug-likeness (QED) is 0.869. The lowest BCUT2D eigenvalue weighted by molar-refractivity contribution is -0.892. The van der Waals surface area contributed by atoms with E-state index in [-0.39, 0.29) is 5.91 Å². The number of phenolic OH excluding ortho intramolecular Hbond substituents is 1. The standard InChI is InChI=1S/C21H25N3O2/c25-19-9-7-18(8-10-19)23-14-12-22(13-15-23)16-21(26)24-11-3-5-17-4-1-2-6-20(17)24/h1-2,4,6-10,25H,3,5,11-16H2/p+1. The van der Waals surface area contributed by atoms with Crippen molar-refractivity contribution < 1.29 is 14.8 Å². The predicted octanol–water partition coefficient (Wildman–Crippen LogP) is 1.08. The molecule has 136 valence electrons. The maximum Gasteiger partial charge on any atom is 0.282 e. The second-order valence-electron chi connectivity index (χ2n) is 7.21. The Kier molecular flexibility index (Phi) is 4.80. The Bertz CT molecular complexity index is 767. The highest BCUT2D eigenvalue weighted by Crippen LogP contribution is 2.26. The van der Waals surface area contributed by atoms with Gasteiger partial charge in [0, 0.05) is 17.9 Å². The van der Waals surface area contributed by atoms with Gasteiger partial charge in [0.2, 0.25) is 0 Å². The van der Waals surface area contributed by atoms with Crippen molar-refractivity contribution in [1.29, 1.82) is 0 Å². The first-order chi connectivity index (χ1) is 12.7. The van der Waals surface area contributed by atoms with Gasteiger partial charge in [0.15, 0.2) is 6.54 Å². The van der Waals surface area contributed by atoms with Crippen molar-refractivity contribution >= 4 is 17.3 Å². The molecule has 0 aromatic heterocycles. The van der Waals surface area contributed by atoms with Gasteiger partial charge >= 0.3 is 0 Å². The van der Waals surface area contributed by atoms with Crippen LogP contribution in [0.4, 0.5) is 11.4 Å². The fourth-order valence-corrected chi connectivity index (χ4v) is 4.02. The molecule has 2 aliphatic heterocycles. The number of nitrogens with zero attached hydrogens (tertiary/aromatic N) is 2. The zero-order valence-corrected chi connectivity index (χ0v) is 15.0. The lowest BCUT2D eigenvalue weighted by atomic mass is 10.0. The summed E-state index contributed by atoms with van der Waals surface area (Å²) in [7, 11) is 0. The van der Waals surface area contributed by atoms with Crippen molar-refractivity contribution in [2.75, 3.05) is 49.1 Å². The van der Waals surface area contributed by atoms with Crippen LogP contribution in [0.2, 0.25) is 0 Å². The van der Waals surface area contributed by atoms with Gasteiger partial charge in [-0.1, -0.05) is 18.2 Å². The zero-order valence-electron chi connectivity index (χ0n) is 15.0. The van der Waals surface area contributed by atoms with Crippen LogP contribution in [-0.4, -0.2) is 50.3 Å². The molecule has 1 fully saturated rings. The lowest BCUT2D eigenvalue weighted by Gasteiger charge is -2.35. The summed E-state index contributed by atoms with van der Waals surface area (Å²) in [5.41, 5.74) is 3.53. The molecule has 4 rings (SSSR count). The lowest BCUT2D eigenvalue weighted by Crippen LogP contribution is -3.16. The summed E-state index contributed by atoms with van der Waals surface area (Å²) in [4.78, 5) is 18.5. The van der Waals surface area contributed by atoms with E-state index in [0.29, 0.717) is 12.3 Å². The van der Waals surface area contributed by atoms with E-state index in [1.165, 1.54) is 10.5 Å². The molecular weight excluding hydrogens is 326 g/mol. The topological polar surface area (TPSA) is 48.2 Å². The largest absolute Gasteiger partial charge is 0.508 e. The summed E-state index contributed by atoms with van der Waals surface area (Å²) < 4.78 is 0. The third-order valence-corrected chi connectivity index (χ3v) is 5.50. The first kappa shape index (κ1) is 16.9. The Morgan fingerprint density at radius 3 is 2.50 bits per heavy atom. The number of hydrogen-bond acceptors (Lipinski definition) is 3. The molecule has 0 radical (unpaired) electrons. The van der Waals surface area contributed by atoms with Gasteiger partial charge in [-0.25, -0.2) is 0 Å². The highest BCUT2D eigenvalue weighted by molar-refractivity contribution is 5.95. The summed E-state index contributed by atoms with van der Waals surface area (Å²) in [6.07, 6.45) is 2.12. The molecular formula is C21H26N3O2+. The van der Waals surface area contributed by atoms with E-state index in [1.807, 2.05) is 23.1 Å². The smallest absolute Gasteiger partial charge is 0.282 e. The zero-order chi connectivity index (χ0) is 17.9. The van der Waals surface area contributed by atoms with Crippen molar-refractivity contribution in [3.05, 3.63) is 54.1 Å². The van der Waals surface area contributed by atoms with Gasteiger partial charge in [0.1, 0.15) is 5.75 Å².